The van der Waals surface area contributed by atoms with E-state index in [9.17, 15) is 4.79 Å². The molecule has 0 spiro atoms. The van der Waals surface area contributed by atoms with Crippen LogP contribution in [0.15, 0.2) is 24.3 Å². The molecule has 2 N–H and O–H groups in total. The van der Waals surface area contributed by atoms with Crippen molar-refractivity contribution in [3.8, 4) is 11.8 Å². The first-order chi connectivity index (χ1) is 9.61. The third-order valence-corrected chi connectivity index (χ3v) is 2.77. The van der Waals surface area contributed by atoms with Gasteiger partial charge in [-0.15, -0.1) is 0 Å². The largest absolute Gasteiger partial charge is 0.479 e. The number of aromatic nitrogens is 2. The predicted octanol–water partition coefficient (Wildman–Crippen LogP) is 2.18. The van der Waals surface area contributed by atoms with Crippen molar-refractivity contribution < 1.29 is 9.53 Å². The molecule has 1 amide bonds. The summed E-state index contributed by atoms with van der Waals surface area (Å²) in [5.74, 6) is 0.375. The fourth-order valence-corrected chi connectivity index (χ4v) is 1.83. The molecule has 0 aliphatic heterocycles. The summed E-state index contributed by atoms with van der Waals surface area (Å²) in [5.41, 5.74) is 2.59. The van der Waals surface area contributed by atoms with Gasteiger partial charge in [-0.1, -0.05) is 0 Å². The molecule has 0 unspecified atom stereocenters. The molecule has 1 heterocycles. The molecule has 0 saturated heterocycles. The Balaban J connectivity index is 2.07. The van der Waals surface area contributed by atoms with Crippen molar-refractivity contribution in [1.29, 1.82) is 5.26 Å². The Bertz CT molecular complexity index is 633. The van der Waals surface area contributed by atoms with E-state index in [4.69, 9.17) is 10.00 Å². The van der Waals surface area contributed by atoms with Gasteiger partial charge in [0.25, 0.3) is 5.91 Å². The van der Waals surface area contributed by atoms with Crippen molar-refractivity contribution in [1.82, 2.24) is 10.2 Å². The number of amides is 1. The van der Waals surface area contributed by atoms with Gasteiger partial charge in [0.05, 0.1) is 11.3 Å². The molecule has 2 aromatic rings. The fourth-order valence-electron chi connectivity index (χ4n) is 1.83. The molecule has 2 rings (SSSR count). The summed E-state index contributed by atoms with van der Waals surface area (Å²) in [6.07, 6.45) is 0. The van der Waals surface area contributed by atoms with Gasteiger partial charge in [0, 0.05) is 11.4 Å². The molecule has 0 bridgehead atoms. The molecular weight excluding hydrogens is 256 g/mol. The molecule has 0 atom stereocenters. The summed E-state index contributed by atoms with van der Waals surface area (Å²) < 4.78 is 5.14. The van der Waals surface area contributed by atoms with Crippen LogP contribution in [-0.2, 0) is 0 Å². The summed E-state index contributed by atoms with van der Waals surface area (Å²) in [6.45, 7) is 3.57. The quantitative estimate of drug-likeness (QED) is 0.890. The van der Waals surface area contributed by atoms with Gasteiger partial charge in [-0.25, -0.2) is 0 Å². The first-order valence-corrected chi connectivity index (χ1v) is 6.04. The molecule has 0 radical (unpaired) electrons. The number of anilines is 1. The third kappa shape index (κ3) is 2.95. The van der Waals surface area contributed by atoms with Crippen molar-refractivity contribution in [2.45, 2.75) is 13.8 Å². The Labute approximate surface area is 116 Å². The number of hydrogen-bond donors (Lipinski definition) is 2. The van der Waals surface area contributed by atoms with Crippen molar-refractivity contribution in [3.63, 3.8) is 0 Å². The second-order valence-electron chi connectivity index (χ2n) is 4.23. The van der Waals surface area contributed by atoms with Gasteiger partial charge in [0.15, 0.2) is 6.61 Å². The molecule has 1 aromatic carbocycles. The number of H-pyrrole nitrogens is 1. The van der Waals surface area contributed by atoms with Crippen LogP contribution in [0.1, 0.15) is 21.7 Å². The van der Waals surface area contributed by atoms with E-state index < -0.39 is 0 Å². The maximum atomic E-state index is 12.1. The van der Waals surface area contributed by atoms with Crippen LogP contribution in [0.5, 0.6) is 5.75 Å². The Hall–Kier alpha value is -2.81. The minimum Gasteiger partial charge on any atom is -0.479 e. The maximum absolute atomic E-state index is 12.1. The van der Waals surface area contributed by atoms with E-state index in [1.807, 2.05) is 6.07 Å². The van der Waals surface area contributed by atoms with Crippen LogP contribution in [-0.4, -0.2) is 22.7 Å². The number of nitrogens with one attached hydrogen (secondary N) is 2. The lowest BCUT2D eigenvalue weighted by atomic mass is 10.2. The van der Waals surface area contributed by atoms with Crippen LogP contribution >= 0.6 is 0 Å². The van der Waals surface area contributed by atoms with Crippen molar-refractivity contribution in [2.75, 3.05) is 11.9 Å². The number of rotatable bonds is 4. The molecule has 20 heavy (non-hydrogen) atoms. The van der Waals surface area contributed by atoms with Gasteiger partial charge >= 0.3 is 0 Å². The molecule has 102 valence electrons. The number of carbonyl (C=O) groups excluding carboxylic acids is 1. The van der Waals surface area contributed by atoms with E-state index >= 15 is 0 Å². The van der Waals surface area contributed by atoms with E-state index in [1.54, 1.807) is 38.1 Å². The summed E-state index contributed by atoms with van der Waals surface area (Å²) in [4.78, 5) is 12.1. The van der Waals surface area contributed by atoms with E-state index in [0.29, 0.717) is 22.7 Å². The molecule has 0 saturated carbocycles. The zero-order valence-electron chi connectivity index (χ0n) is 11.2. The summed E-state index contributed by atoms with van der Waals surface area (Å²) in [6, 6.07) is 8.72. The number of nitrogens with zero attached hydrogens (tertiary/aromatic N) is 2. The minimum atomic E-state index is -0.209. The highest BCUT2D eigenvalue weighted by atomic mass is 16.5. The van der Waals surface area contributed by atoms with Crippen LogP contribution in [0.25, 0.3) is 0 Å². The molecule has 1 aromatic heterocycles. The fraction of sp³-hybridized carbons (Fsp3) is 0.214. The van der Waals surface area contributed by atoms with Gasteiger partial charge in [-0.3, -0.25) is 9.89 Å². The smallest absolute Gasteiger partial charge is 0.259 e. The third-order valence-electron chi connectivity index (χ3n) is 2.77. The van der Waals surface area contributed by atoms with Crippen molar-refractivity contribution >= 4 is 11.6 Å². The van der Waals surface area contributed by atoms with Crippen LogP contribution < -0.4 is 10.1 Å². The van der Waals surface area contributed by atoms with E-state index in [1.165, 1.54) is 0 Å². The predicted molar refractivity (Wildman–Crippen MR) is 73.6 cm³/mol. The number of aromatic amines is 1. The van der Waals surface area contributed by atoms with Gasteiger partial charge in [-0.05, 0) is 38.1 Å². The molecule has 0 aliphatic carbocycles. The zero-order chi connectivity index (χ0) is 14.5. The highest BCUT2D eigenvalue weighted by molar-refractivity contribution is 6.05. The number of carbonyl (C=O) groups is 1. The molecular formula is C14H14N4O2. The topological polar surface area (TPSA) is 90.8 Å². The summed E-state index contributed by atoms with van der Waals surface area (Å²) >= 11 is 0. The standard InChI is InChI=1S/C14H14N4O2/c1-9-13(10(2)18-17-9)14(19)16-11-3-5-12(6-4-11)20-8-7-15/h3-6H,8H2,1-2H3,(H,16,19)(H,17,18). The van der Waals surface area contributed by atoms with Gasteiger partial charge in [-0.2, -0.15) is 10.4 Å². The highest BCUT2D eigenvalue weighted by Gasteiger charge is 2.15. The SMILES string of the molecule is Cc1n[nH]c(C)c1C(=O)Nc1ccc(OCC#N)cc1. The number of aryl methyl sites for hydroxylation is 2. The van der Waals surface area contributed by atoms with Gasteiger partial charge < -0.3 is 10.1 Å². The minimum absolute atomic E-state index is 0.000878. The van der Waals surface area contributed by atoms with E-state index in [-0.39, 0.29) is 12.5 Å². The number of nitriles is 1. The van der Waals surface area contributed by atoms with Crippen LogP contribution in [0.4, 0.5) is 5.69 Å². The Morgan fingerprint density at radius 2 is 2.10 bits per heavy atom. The second-order valence-corrected chi connectivity index (χ2v) is 4.23. The zero-order valence-corrected chi connectivity index (χ0v) is 11.2. The van der Waals surface area contributed by atoms with Gasteiger partial charge in [0.2, 0.25) is 0 Å². The lowest BCUT2D eigenvalue weighted by Crippen LogP contribution is -2.13. The highest BCUT2D eigenvalue weighted by Crippen LogP contribution is 2.17. The maximum Gasteiger partial charge on any atom is 0.259 e. The van der Waals surface area contributed by atoms with Crippen LogP contribution in [0, 0.1) is 25.2 Å². The Kier molecular flexibility index (Phi) is 4.01. The first-order valence-electron chi connectivity index (χ1n) is 6.04. The van der Waals surface area contributed by atoms with E-state index in [0.717, 1.165) is 5.69 Å². The number of ether oxygens (including phenoxy) is 1. The van der Waals surface area contributed by atoms with Crippen molar-refractivity contribution in [3.05, 3.63) is 41.2 Å². The normalized spacial score (nSPS) is 9.85. The monoisotopic (exact) mass is 270 g/mol. The number of hydrogen-bond acceptors (Lipinski definition) is 4. The number of benzene rings is 1. The average molecular weight is 270 g/mol. The summed E-state index contributed by atoms with van der Waals surface area (Å²) in [5, 5.41) is 18.0. The lowest BCUT2D eigenvalue weighted by Gasteiger charge is -2.06. The second kappa shape index (κ2) is 5.89. The molecule has 0 fully saturated rings. The van der Waals surface area contributed by atoms with Crippen molar-refractivity contribution in [2.24, 2.45) is 0 Å². The lowest BCUT2D eigenvalue weighted by molar-refractivity contribution is 0.102. The molecule has 6 heteroatoms. The molecule has 0 aliphatic rings. The summed E-state index contributed by atoms with van der Waals surface area (Å²) in [7, 11) is 0. The molecule has 6 nitrogen and oxygen atoms in total. The van der Waals surface area contributed by atoms with Gasteiger partial charge in [0.1, 0.15) is 11.8 Å². The van der Waals surface area contributed by atoms with Crippen LogP contribution in [0.3, 0.4) is 0 Å². The van der Waals surface area contributed by atoms with E-state index in [2.05, 4.69) is 15.5 Å². The average Bonchev–Trinajstić information content (AvgIpc) is 2.77. The first kappa shape index (κ1) is 13.6. The Morgan fingerprint density at radius 1 is 1.40 bits per heavy atom. The van der Waals surface area contributed by atoms with Crippen LogP contribution in [0.2, 0.25) is 0 Å². The Morgan fingerprint density at radius 3 is 2.65 bits per heavy atom.